The molecule has 0 aromatic heterocycles. The highest BCUT2D eigenvalue weighted by Gasteiger charge is 2.11. The first kappa shape index (κ1) is 20.3. The van der Waals surface area contributed by atoms with E-state index in [9.17, 15) is 10.1 Å². The van der Waals surface area contributed by atoms with Gasteiger partial charge < -0.3 is 15.4 Å². The van der Waals surface area contributed by atoms with Crippen molar-refractivity contribution in [1.82, 2.24) is 0 Å². The van der Waals surface area contributed by atoms with Crippen LogP contribution in [0.1, 0.15) is 0 Å². The largest absolute Gasteiger partial charge is 0.457 e. The maximum Gasteiger partial charge on any atom is 0.267 e. The van der Waals surface area contributed by atoms with Gasteiger partial charge in [-0.1, -0.05) is 47.5 Å². The van der Waals surface area contributed by atoms with Gasteiger partial charge in [0.1, 0.15) is 23.1 Å². The molecule has 0 aliphatic rings. The molecular weight excluding hydrogens is 409 g/mol. The molecule has 0 unspecified atom stereocenters. The molecule has 144 valence electrons. The number of carbonyl (C=O) groups is 1. The van der Waals surface area contributed by atoms with Crippen LogP contribution in [0.3, 0.4) is 0 Å². The van der Waals surface area contributed by atoms with E-state index < -0.39 is 5.91 Å². The third-order valence-corrected chi connectivity index (χ3v) is 4.41. The Morgan fingerprint density at radius 1 is 0.897 bits per heavy atom. The Morgan fingerprint density at radius 2 is 1.52 bits per heavy atom. The molecule has 0 radical (unpaired) electrons. The fourth-order valence-corrected chi connectivity index (χ4v) is 2.86. The van der Waals surface area contributed by atoms with Gasteiger partial charge in [0, 0.05) is 11.9 Å². The summed E-state index contributed by atoms with van der Waals surface area (Å²) in [6.07, 6.45) is 1.26. The lowest BCUT2D eigenvalue weighted by Gasteiger charge is -2.09. The summed E-state index contributed by atoms with van der Waals surface area (Å²) >= 11 is 12.1. The summed E-state index contributed by atoms with van der Waals surface area (Å²) in [5.41, 5.74) is 0.803. The summed E-state index contributed by atoms with van der Waals surface area (Å²) < 4.78 is 5.71. The predicted octanol–water partition coefficient (Wildman–Crippen LogP) is 6.24. The van der Waals surface area contributed by atoms with Crippen molar-refractivity contribution in [3.63, 3.8) is 0 Å². The number of nitrogens with one attached hydrogen (secondary N) is 2. The van der Waals surface area contributed by atoms with Crippen molar-refractivity contribution in [3.05, 3.63) is 94.6 Å². The topological polar surface area (TPSA) is 74.2 Å². The normalized spacial score (nSPS) is 10.7. The van der Waals surface area contributed by atoms with Crippen molar-refractivity contribution in [3.8, 4) is 17.6 Å². The summed E-state index contributed by atoms with van der Waals surface area (Å²) in [4.78, 5) is 12.4. The fraction of sp³-hybridized carbons (Fsp3) is 0. The molecule has 0 fully saturated rings. The van der Waals surface area contributed by atoms with Crippen LogP contribution in [0.5, 0.6) is 11.5 Å². The molecule has 3 aromatic rings. The highest BCUT2D eigenvalue weighted by Crippen LogP contribution is 2.30. The van der Waals surface area contributed by atoms with Gasteiger partial charge in [-0.2, -0.15) is 5.26 Å². The number of hydrogen-bond acceptors (Lipinski definition) is 4. The van der Waals surface area contributed by atoms with Crippen molar-refractivity contribution in [2.24, 2.45) is 0 Å². The highest BCUT2D eigenvalue weighted by molar-refractivity contribution is 6.39. The molecule has 3 aromatic carbocycles. The lowest BCUT2D eigenvalue weighted by Crippen LogP contribution is -2.14. The molecule has 0 saturated heterocycles. The van der Waals surface area contributed by atoms with Gasteiger partial charge in [-0.05, 0) is 48.5 Å². The minimum absolute atomic E-state index is 0.134. The zero-order valence-corrected chi connectivity index (χ0v) is 16.5. The van der Waals surface area contributed by atoms with Gasteiger partial charge in [0.2, 0.25) is 0 Å². The van der Waals surface area contributed by atoms with Gasteiger partial charge in [-0.15, -0.1) is 0 Å². The summed E-state index contributed by atoms with van der Waals surface area (Å²) in [5.74, 6) is 0.767. The Hall–Kier alpha value is -3.46. The van der Waals surface area contributed by atoms with Gasteiger partial charge in [0.15, 0.2) is 0 Å². The number of para-hydroxylation sites is 2. The van der Waals surface area contributed by atoms with Crippen LogP contribution in [0, 0.1) is 11.3 Å². The molecule has 0 saturated carbocycles. The standard InChI is InChI=1S/C22H15Cl2N3O2/c23-19-7-4-8-20(24)21(19)26-14-15(13-25)22(28)27-16-9-11-18(12-10-16)29-17-5-2-1-3-6-17/h1-12,14,26H,(H,27,28)/b15-14-. The summed E-state index contributed by atoms with van der Waals surface area (Å²) in [6.45, 7) is 0. The Balaban J connectivity index is 1.65. The molecule has 0 heterocycles. The molecular formula is C22H15Cl2N3O2. The van der Waals surface area contributed by atoms with Crippen LogP contribution in [0.4, 0.5) is 11.4 Å². The van der Waals surface area contributed by atoms with Crippen LogP contribution in [0.2, 0.25) is 10.0 Å². The zero-order chi connectivity index (χ0) is 20.6. The summed E-state index contributed by atoms with van der Waals surface area (Å²) in [6, 6.07) is 23.0. The summed E-state index contributed by atoms with van der Waals surface area (Å²) in [7, 11) is 0. The van der Waals surface area contributed by atoms with Gasteiger partial charge in [-0.3, -0.25) is 4.79 Å². The quantitative estimate of drug-likeness (QED) is 0.363. The molecule has 0 bridgehead atoms. The van der Waals surface area contributed by atoms with Crippen molar-refractivity contribution in [1.29, 1.82) is 5.26 Å². The average molecular weight is 424 g/mol. The average Bonchev–Trinajstić information content (AvgIpc) is 2.72. The number of ether oxygens (including phenoxy) is 1. The molecule has 5 nitrogen and oxygen atoms in total. The number of benzene rings is 3. The van der Waals surface area contributed by atoms with Gasteiger partial charge in [0.25, 0.3) is 5.91 Å². The van der Waals surface area contributed by atoms with Crippen LogP contribution in [0.25, 0.3) is 0 Å². The van der Waals surface area contributed by atoms with E-state index in [0.29, 0.717) is 32.9 Å². The van der Waals surface area contributed by atoms with E-state index in [4.69, 9.17) is 27.9 Å². The van der Waals surface area contributed by atoms with Crippen molar-refractivity contribution in [2.45, 2.75) is 0 Å². The first-order chi connectivity index (χ1) is 14.1. The summed E-state index contributed by atoms with van der Waals surface area (Å²) in [5, 5.41) is 15.5. The Kier molecular flexibility index (Phi) is 6.75. The van der Waals surface area contributed by atoms with Crippen molar-refractivity contribution < 1.29 is 9.53 Å². The molecule has 29 heavy (non-hydrogen) atoms. The second-order valence-corrected chi connectivity index (χ2v) is 6.62. The Labute approximate surface area is 178 Å². The zero-order valence-electron chi connectivity index (χ0n) is 15.0. The lowest BCUT2D eigenvalue weighted by atomic mass is 10.2. The van der Waals surface area contributed by atoms with Gasteiger partial charge in [-0.25, -0.2) is 0 Å². The Morgan fingerprint density at radius 3 is 2.14 bits per heavy atom. The molecule has 3 rings (SSSR count). The van der Waals surface area contributed by atoms with E-state index in [2.05, 4.69) is 10.6 Å². The number of anilines is 2. The lowest BCUT2D eigenvalue weighted by molar-refractivity contribution is -0.112. The highest BCUT2D eigenvalue weighted by atomic mass is 35.5. The minimum atomic E-state index is -0.570. The van der Waals surface area contributed by atoms with E-state index >= 15 is 0 Å². The maximum atomic E-state index is 12.4. The molecule has 0 aliphatic carbocycles. The van der Waals surface area contributed by atoms with E-state index in [1.807, 2.05) is 36.4 Å². The van der Waals surface area contributed by atoms with E-state index in [1.54, 1.807) is 42.5 Å². The first-order valence-corrected chi connectivity index (χ1v) is 9.27. The Bertz CT molecular complexity index is 1060. The van der Waals surface area contributed by atoms with Crippen LogP contribution in [-0.2, 0) is 4.79 Å². The number of carbonyl (C=O) groups excluding carboxylic acids is 1. The number of hydrogen-bond donors (Lipinski definition) is 2. The van der Waals surface area contributed by atoms with Crippen molar-refractivity contribution in [2.75, 3.05) is 10.6 Å². The number of nitrogens with zero attached hydrogens (tertiary/aromatic N) is 1. The van der Waals surface area contributed by atoms with Crippen LogP contribution in [-0.4, -0.2) is 5.91 Å². The third kappa shape index (κ3) is 5.52. The third-order valence-electron chi connectivity index (χ3n) is 3.78. The number of amides is 1. The number of nitriles is 1. The molecule has 0 spiro atoms. The van der Waals surface area contributed by atoms with E-state index in [-0.39, 0.29) is 5.57 Å². The second kappa shape index (κ2) is 9.65. The predicted molar refractivity (Wildman–Crippen MR) is 115 cm³/mol. The minimum Gasteiger partial charge on any atom is -0.457 e. The van der Waals surface area contributed by atoms with Crippen LogP contribution >= 0.6 is 23.2 Å². The first-order valence-electron chi connectivity index (χ1n) is 8.52. The molecule has 0 aliphatic heterocycles. The number of halogens is 2. The van der Waals surface area contributed by atoms with E-state index in [0.717, 1.165) is 0 Å². The smallest absolute Gasteiger partial charge is 0.267 e. The SMILES string of the molecule is N#C/C(=C/Nc1c(Cl)cccc1Cl)C(=O)Nc1ccc(Oc2ccccc2)cc1. The molecule has 7 heteroatoms. The van der Waals surface area contributed by atoms with Crippen LogP contribution in [0.15, 0.2) is 84.6 Å². The molecule has 2 N–H and O–H groups in total. The number of rotatable bonds is 6. The van der Waals surface area contributed by atoms with Gasteiger partial charge >= 0.3 is 0 Å². The van der Waals surface area contributed by atoms with Crippen LogP contribution < -0.4 is 15.4 Å². The van der Waals surface area contributed by atoms with Crippen molar-refractivity contribution >= 4 is 40.5 Å². The second-order valence-electron chi connectivity index (χ2n) is 5.80. The maximum absolute atomic E-state index is 12.4. The van der Waals surface area contributed by atoms with E-state index in [1.165, 1.54) is 6.20 Å². The van der Waals surface area contributed by atoms with Gasteiger partial charge in [0.05, 0.1) is 15.7 Å². The fourth-order valence-electron chi connectivity index (χ4n) is 2.36. The molecule has 1 amide bonds. The molecule has 0 atom stereocenters. The monoisotopic (exact) mass is 423 g/mol.